The number of nitrogens with zero attached hydrogens (tertiary/aromatic N) is 3. The Morgan fingerprint density at radius 2 is 1.70 bits per heavy atom. The number of carbonyl (C=O) groups excluding carboxylic acids is 3. The van der Waals surface area contributed by atoms with E-state index < -0.39 is 29.1 Å². The fraction of sp³-hybridized carbons (Fsp3) is 0.472. The molecule has 2 unspecified atom stereocenters. The first-order chi connectivity index (χ1) is 21.1. The maximum Gasteiger partial charge on any atom is 0.253 e. The number of likely N-dealkylation sites (tertiary alicyclic amines) is 1. The van der Waals surface area contributed by atoms with E-state index >= 15 is 0 Å². The summed E-state index contributed by atoms with van der Waals surface area (Å²) in [6, 6.07) is 14.5. The lowest BCUT2D eigenvalue weighted by Crippen LogP contribution is -2.56. The highest BCUT2D eigenvalue weighted by Gasteiger charge is 2.78. The van der Waals surface area contributed by atoms with Gasteiger partial charge in [-0.15, -0.1) is 13.2 Å². The van der Waals surface area contributed by atoms with E-state index in [-0.39, 0.29) is 37.4 Å². The molecule has 1 spiro atoms. The summed E-state index contributed by atoms with van der Waals surface area (Å²) in [5.41, 5.74) is 1.44. The average Bonchev–Trinajstić information content (AvgIpc) is 3.58. The molecule has 2 aromatic rings. The van der Waals surface area contributed by atoms with Gasteiger partial charge in [0.1, 0.15) is 11.6 Å². The van der Waals surface area contributed by atoms with Crippen LogP contribution in [-0.4, -0.2) is 71.2 Å². The number of amides is 3. The number of carbonyl (C=O) groups is 3. The quantitative estimate of drug-likeness (QED) is 0.260. The van der Waals surface area contributed by atoms with E-state index in [0.29, 0.717) is 38.6 Å². The van der Waals surface area contributed by atoms with Gasteiger partial charge in [0.05, 0.1) is 17.4 Å². The Hall–Kier alpha value is -3.75. The van der Waals surface area contributed by atoms with Crippen LogP contribution >= 0.6 is 0 Å². The van der Waals surface area contributed by atoms with Crippen molar-refractivity contribution >= 4 is 29.1 Å². The molecule has 0 aromatic heterocycles. The predicted octanol–water partition coefficient (Wildman–Crippen LogP) is 4.97. The summed E-state index contributed by atoms with van der Waals surface area (Å²) >= 11 is 0. The van der Waals surface area contributed by atoms with E-state index in [1.807, 2.05) is 69.3 Å². The number of aliphatic hydroxyl groups is 1. The molecular formula is C36H45N3O5. The largest absolute Gasteiger partial charge is 0.396 e. The second-order valence-corrected chi connectivity index (χ2v) is 12.6. The zero-order valence-corrected chi connectivity index (χ0v) is 26.2. The molecule has 8 nitrogen and oxygen atoms in total. The lowest BCUT2D eigenvalue weighted by Gasteiger charge is -2.37. The summed E-state index contributed by atoms with van der Waals surface area (Å²) in [7, 11) is 0. The molecule has 0 saturated carbocycles. The van der Waals surface area contributed by atoms with Crippen molar-refractivity contribution in [1.29, 1.82) is 0 Å². The van der Waals surface area contributed by atoms with Crippen molar-refractivity contribution in [1.82, 2.24) is 4.90 Å². The zero-order valence-electron chi connectivity index (χ0n) is 26.2. The van der Waals surface area contributed by atoms with Crippen molar-refractivity contribution in [2.45, 2.75) is 70.1 Å². The first-order valence-corrected chi connectivity index (χ1v) is 15.7. The number of aryl methyl sites for hydroxylation is 2. The standard InChI is InChI=1S/C36H45N3O5/c1-6-20-37(27-14-10-8-11-15-27)32(41)29-30-33(42)39(22-12-9-13-23-40)31(36(30)19-18-35(29,5)44-36)34(43)38(21-7-2)28-24-25(3)16-17-26(28)4/h6-8,10-11,14-17,24,29-31,40H,1-2,9,12-13,18-23H2,3-5H3/t29-,30+,31?,35+,36?/m1/s1. The van der Waals surface area contributed by atoms with Crippen LogP contribution in [0.4, 0.5) is 11.4 Å². The van der Waals surface area contributed by atoms with Crippen LogP contribution in [-0.2, 0) is 19.1 Å². The fourth-order valence-corrected chi connectivity index (χ4v) is 7.71. The molecule has 3 fully saturated rings. The molecule has 3 aliphatic heterocycles. The molecule has 1 N–H and O–H groups in total. The third-order valence-electron chi connectivity index (χ3n) is 9.71. The second-order valence-electron chi connectivity index (χ2n) is 12.6. The molecule has 2 aromatic carbocycles. The monoisotopic (exact) mass is 599 g/mol. The predicted molar refractivity (Wildman–Crippen MR) is 172 cm³/mol. The Balaban J connectivity index is 1.59. The fourth-order valence-electron chi connectivity index (χ4n) is 7.71. The Kier molecular flexibility index (Phi) is 9.14. The van der Waals surface area contributed by atoms with Gasteiger partial charge in [-0.05, 0) is 82.2 Å². The normalized spacial score (nSPS) is 26.9. The van der Waals surface area contributed by atoms with Crippen LogP contribution < -0.4 is 9.80 Å². The highest BCUT2D eigenvalue weighted by atomic mass is 16.5. The van der Waals surface area contributed by atoms with Gasteiger partial charge in [0.2, 0.25) is 11.8 Å². The van der Waals surface area contributed by atoms with Gasteiger partial charge < -0.3 is 24.5 Å². The van der Waals surface area contributed by atoms with Crippen molar-refractivity contribution in [2.75, 3.05) is 36.0 Å². The van der Waals surface area contributed by atoms with E-state index in [2.05, 4.69) is 13.2 Å². The minimum Gasteiger partial charge on any atom is -0.396 e. The van der Waals surface area contributed by atoms with Crippen LogP contribution in [0.25, 0.3) is 0 Å². The Labute approximate surface area is 261 Å². The number of hydrogen-bond donors (Lipinski definition) is 1. The van der Waals surface area contributed by atoms with Crippen LogP contribution in [0.1, 0.15) is 50.2 Å². The van der Waals surface area contributed by atoms with Crippen LogP contribution in [0.15, 0.2) is 73.8 Å². The number of unbranched alkanes of at least 4 members (excludes halogenated alkanes) is 2. The minimum absolute atomic E-state index is 0.0687. The van der Waals surface area contributed by atoms with Crippen molar-refractivity contribution in [3.8, 4) is 0 Å². The first kappa shape index (κ1) is 31.7. The van der Waals surface area contributed by atoms with Crippen molar-refractivity contribution in [3.63, 3.8) is 0 Å². The number of rotatable bonds is 13. The molecule has 0 aliphatic carbocycles. The van der Waals surface area contributed by atoms with Gasteiger partial charge >= 0.3 is 0 Å². The minimum atomic E-state index is -1.13. The van der Waals surface area contributed by atoms with Gasteiger partial charge in [-0.25, -0.2) is 0 Å². The van der Waals surface area contributed by atoms with Gasteiger partial charge in [-0.1, -0.05) is 42.5 Å². The molecule has 3 saturated heterocycles. The van der Waals surface area contributed by atoms with Crippen LogP contribution in [0.2, 0.25) is 0 Å². The molecule has 3 heterocycles. The van der Waals surface area contributed by atoms with Gasteiger partial charge in [-0.3, -0.25) is 14.4 Å². The molecule has 8 heteroatoms. The summed E-state index contributed by atoms with van der Waals surface area (Å²) in [6.07, 6.45) is 6.42. The molecular weight excluding hydrogens is 554 g/mol. The van der Waals surface area contributed by atoms with Gasteiger partial charge in [-0.2, -0.15) is 0 Å². The van der Waals surface area contributed by atoms with Gasteiger partial charge in [0, 0.05) is 37.6 Å². The van der Waals surface area contributed by atoms with Crippen LogP contribution in [0.3, 0.4) is 0 Å². The maximum atomic E-state index is 14.9. The van der Waals surface area contributed by atoms with Crippen molar-refractivity contribution < 1.29 is 24.2 Å². The Morgan fingerprint density at radius 1 is 1.00 bits per heavy atom. The third-order valence-corrected chi connectivity index (χ3v) is 9.71. The molecule has 234 valence electrons. The van der Waals surface area contributed by atoms with Gasteiger partial charge in [0.15, 0.2) is 0 Å². The van der Waals surface area contributed by atoms with E-state index in [4.69, 9.17) is 4.74 Å². The average molecular weight is 600 g/mol. The number of aliphatic hydroxyl groups excluding tert-OH is 1. The van der Waals surface area contributed by atoms with Gasteiger partial charge in [0.25, 0.3) is 5.91 Å². The second kappa shape index (κ2) is 12.7. The molecule has 3 amide bonds. The van der Waals surface area contributed by atoms with Crippen LogP contribution in [0, 0.1) is 25.7 Å². The lowest BCUT2D eigenvalue weighted by molar-refractivity contribution is -0.144. The number of ether oxygens (including phenoxy) is 1. The molecule has 5 atom stereocenters. The summed E-state index contributed by atoms with van der Waals surface area (Å²) in [6.45, 7) is 14.7. The Bertz CT molecular complexity index is 1430. The van der Waals surface area contributed by atoms with E-state index in [0.717, 1.165) is 22.5 Å². The van der Waals surface area contributed by atoms with Crippen molar-refractivity contribution in [2.24, 2.45) is 11.8 Å². The molecule has 5 rings (SSSR count). The number of para-hydroxylation sites is 1. The summed E-state index contributed by atoms with van der Waals surface area (Å²) in [5, 5.41) is 9.37. The zero-order chi connectivity index (χ0) is 31.6. The first-order valence-electron chi connectivity index (χ1n) is 15.7. The number of benzene rings is 2. The lowest BCUT2D eigenvalue weighted by atomic mass is 9.66. The number of fused-ring (bicyclic) bond motifs is 1. The highest BCUT2D eigenvalue weighted by Crippen LogP contribution is 2.63. The SMILES string of the molecule is C=CCN(C(=O)[C@H]1[C@H]2C(=O)N(CCCCCO)C(C(=O)N(CC=C)c3cc(C)ccc3C)C23CC[C@]1(C)O3)c1ccccc1. The molecule has 0 radical (unpaired) electrons. The topological polar surface area (TPSA) is 90.4 Å². The number of hydrogen-bond acceptors (Lipinski definition) is 5. The number of anilines is 2. The highest BCUT2D eigenvalue weighted by molar-refractivity contribution is 6.07. The third kappa shape index (κ3) is 5.28. The maximum absolute atomic E-state index is 14.9. The Morgan fingerprint density at radius 3 is 2.39 bits per heavy atom. The molecule has 3 aliphatic rings. The van der Waals surface area contributed by atoms with E-state index in [1.54, 1.807) is 26.9 Å². The summed E-state index contributed by atoms with van der Waals surface area (Å²) in [4.78, 5) is 49.0. The molecule has 44 heavy (non-hydrogen) atoms. The van der Waals surface area contributed by atoms with Crippen molar-refractivity contribution in [3.05, 3.63) is 85.0 Å². The summed E-state index contributed by atoms with van der Waals surface area (Å²) < 4.78 is 6.90. The van der Waals surface area contributed by atoms with E-state index in [9.17, 15) is 19.5 Å². The molecule has 2 bridgehead atoms. The van der Waals surface area contributed by atoms with E-state index in [1.165, 1.54) is 0 Å². The summed E-state index contributed by atoms with van der Waals surface area (Å²) in [5.74, 6) is -2.17. The smallest absolute Gasteiger partial charge is 0.253 e. The van der Waals surface area contributed by atoms with Crippen LogP contribution in [0.5, 0.6) is 0 Å².